The van der Waals surface area contributed by atoms with E-state index in [1.807, 2.05) is 47.2 Å². The van der Waals surface area contributed by atoms with Crippen LogP contribution in [0.1, 0.15) is 28.4 Å². The van der Waals surface area contributed by atoms with Crippen LogP contribution in [0.3, 0.4) is 0 Å². The summed E-state index contributed by atoms with van der Waals surface area (Å²) in [5.41, 5.74) is 2.85. The molecule has 0 saturated heterocycles. The van der Waals surface area contributed by atoms with Gasteiger partial charge in [-0.2, -0.15) is 0 Å². The Morgan fingerprint density at radius 3 is 2.52 bits per heavy atom. The third-order valence-corrected chi connectivity index (χ3v) is 3.66. The first-order valence-corrected chi connectivity index (χ1v) is 7.56. The maximum atomic E-state index is 12.1. The zero-order valence-corrected chi connectivity index (χ0v) is 12.9. The topological polar surface area (TPSA) is 59.8 Å². The molecule has 0 spiro atoms. The molecule has 23 heavy (non-hydrogen) atoms. The van der Waals surface area contributed by atoms with E-state index in [4.69, 9.17) is 0 Å². The second-order valence-electron chi connectivity index (χ2n) is 5.23. The summed E-state index contributed by atoms with van der Waals surface area (Å²) in [6, 6.07) is 11.5. The number of hydrogen-bond acceptors (Lipinski definition) is 3. The Labute approximate surface area is 135 Å². The fourth-order valence-corrected chi connectivity index (χ4v) is 2.24. The number of aryl methyl sites for hydroxylation is 1. The molecule has 0 atom stereocenters. The lowest BCUT2D eigenvalue weighted by molar-refractivity contribution is 0.0951. The molecule has 0 fully saturated rings. The molecule has 0 unspecified atom stereocenters. The van der Waals surface area contributed by atoms with Gasteiger partial charge in [-0.1, -0.05) is 25.1 Å². The van der Waals surface area contributed by atoms with Crippen LogP contribution in [0, 0.1) is 0 Å². The number of aromatic nitrogens is 3. The summed E-state index contributed by atoms with van der Waals surface area (Å²) in [5, 5.41) is 2.91. The van der Waals surface area contributed by atoms with Gasteiger partial charge in [0.05, 0.1) is 0 Å². The molecule has 0 saturated carbocycles. The minimum Gasteiger partial charge on any atom is -0.348 e. The highest BCUT2D eigenvalue weighted by molar-refractivity contribution is 5.94. The van der Waals surface area contributed by atoms with Crippen LogP contribution in [0.25, 0.3) is 5.82 Å². The maximum absolute atomic E-state index is 12.1. The van der Waals surface area contributed by atoms with Crippen molar-refractivity contribution in [2.45, 2.75) is 19.9 Å². The van der Waals surface area contributed by atoms with E-state index in [2.05, 4.69) is 22.2 Å². The fourth-order valence-electron chi connectivity index (χ4n) is 2.24. The zero-order valence-electron chi connectivity index (χ0n) is 12.9. The third kappa shape index (κ3) is 3.63. The number of amides is 1. The van der Waals surface area contributed by atoms with Gasteiger partial charge >= 0.3 is 0 Å². The molecule has 116 valence electrons. The van der Waals surface area contributed by atoms with Gasteiger partial charge in [0.2, 0.25) is 0 Å². The highest BCUT2D eigenvalue weighted by Gasteiger charge is 2.05. The molecule has 3 rings (SSSR count). The Morgan fingerprint density at radius 1 is 1.13 bits per heavy atom. The SMILES string of the molecule is CCc1ccc(C(=O)NCc2ccc(-n3ccnc3)nc2)cc1. The van der Waals surface area contributed by atoms with E-state index in [0.717, 1.165) is 17.8 Å². The molecule has 2 aromatic heterocycles. The van der Waals surface area contributed by atoms with Crippen molar-refractivity contribution in [3.8, 4) is 5.82 Å². The Kier molecular flexibility index (Phi) is 4.47. The first-order chi connectivity index (χ1) is 11.3. The maximum Gasteiger partial charge on any atom is 0.251 e. The van der Waals surface area contributed by atoms with Crippen LogP contribution in [-0.4, -0.2) is 20.4 Å². The molecule has 1 amide bonds. The highest BCUT2D eigenvalue weighted by Crippen LogP contribution is 2.07. The summed E-state index contributed by atoms with van der Waals surface area (Å²) in [4.78, 5) is 20.5. The van der Waals surface area contributed by atoms with Crippen molar-refractivity contribution in [2.75, 3.05) is 0 Å². The summed E-state index contributed by atoms with van der Waals surface area (Å²) in [7, 11) is 0. The van der Waals surface area contributed by atoms with Crippen molar-refractivity contribution >= 4 is 5.91 Å². The van der Waals surface area contributed by atoms with E-state index >= 15 is 0 Å². The second-order valence-corrected chi connectivity index (χ2v) is 5.23. The van der Waals surface area contributed by atoms with Crippen molar-refractivity contribution in [2.24, 2.45) is 0 Å². The van der Waals surface area contributed by atoms with Crippen molar-refractivity contribution in [3.05, 3.63) is 78.0 Å². The number of carbonyl (C=O) groups excluding carboxylic acids is 1. The number of hydrogen-bond donors (Lipinski definition) is 1. The van der Waals surface area contributed by atoms with Gasteiger partial charge in [0.15, 0.2) is 0 Å². The second kappa shape index (κ2) is 6.87. The highest BCUT2D eigenvalue weighted by atomic mass is 16.1. The average molecular weight is 306 g/mol. The van der Waals surface area contributed by atoms with E-state index in [1.165, 1.54) is 5.56 Å². The van der Waals surface area contributed by atoms with Crippen LogP contribution < -0.4 is 5.32 Å². The molecular weight excluding hydrogens is 288 g/mol. The molecule has 5 nitrogen and oxygen atoms in total. The van der Waals surface area contributed by atoms with Crippen LogP contribution in [0.2, 0.25) is 0 Å². The average Bonchev–Trinajstić information content (AvgIpc) is 3.15. The predicted octanol–water partition coefficient (Wildman–Crippen LogP) is 2.76. The first-order valence-electron chi connectivity index (χ1n) is 7.56. The summed E-state index contributed by atoms with van der Waals surface area (Å²) < 4.78 is 1.83. The number of nitrogens with zero attached hydrogens (tertiary/aromatic N) is 3. The molecule has 0 aliphatic rings. The van der Waals surface area contributed by atoms with Gasteiger partial charge in [-0.3, -0.25) is 9.36 Å². The van der Waals surface area contributed by atoms with Crippen LogP contribution >= 0.6 is 0 Å². The van der Waals surface area contributed by atoms with Crippen molar-refractivity contribution in [1.82, 2.24) is 19.9 Å². The van der Waals surface area contributed by atoms with E-state index < -0.39 is 0 Å². The Bertz CT molecular complexity index is 762. The summed E-state index contributed by atoms with van der Waals surface area (Å²) >= 11 is 0. The van der Waals surface area contributed by atoms with Crippen molar-refractivity contribution in [3.63, 3.8) is 0 Å². The monoisotopic (exact) mass is 306 g/mol. The van der Waals surface area contributed by atoms with Gasteiger partial charge in [-0.05, 0) is 35.7 Å². The van der Waals surface area contributed by atoms with Crippen LogP contribution in [0.5, 0.6) is 0 Å². The summed E-state index contributed by atoms with van der Waals surface area (Å²) in [6.45, 7) is 2.54. The van der Waals surface area contributed by atoms with E-state index in [9.17, 15) is 4.79 Å². The largest absolute Gasteiger partial charge is 0.348 e. The van der Waals surface area contributed by atoms with Gasteiger partial charge in [0.25, 0.3) is 5.91 Å². The quantitative estimate of drug-likeness (QED) is 0.788. The lowest BCUT2D eigenvalue weighted by Crippen LogP contribution is -2.22. The van der Waals surface area contributed by atoms with Crippen LogP contribution in [-0.2, 0) is 13.0 Å². The predicted molar refractivity (Wildman–Crippen MR) is 88.3 cm³/mol. The molecule has 2 heterocycles. The first kappa shape index (κ1) is 15.0. The van der Waals surface area contributed by atoms with Gasteiger partial charge in [0.1, 0.15) is 12.1 Å². The molecule has 0 radical (unpaired) electrons. The minimum atomic E-state index is -0.0775. The number of carbonyl (C=O) groups is 1. The van der Waals surface area contributed by atoms with Crippen molar-refractivity contribution in [1.29, 1.82) is 0 Å². The molecule has 0 aliphatic heterocycles. The lowest BCUT2D eigenvalue weighted by atomic mass is 10.1. The smallest absolute Gasteiger partial charge is 0.251 e. The van der Waals surface area contributed by atoms with Gasteiger partial charge < -0.3 is 5.32 Å². The van der Waals surface area contributed by atoms with Gasteiger partial charge in [-0.15, -0.1) is 0 Å². The van der Waals surface area contributed by atoms with Crippen LogP contribution in [0.4, 0.5) is 0 Å². The fraction of sp³-hybridized carbons (Fsp3) is 0.167. The molecule has 1 aromatic carbocycles. The Hall–Kier alpha value is -2.95. The number of pyridine rings is 1. The zero-order chi connectivity index (χ0) is 16.1. The Balaban J connectivity index is 1.60. The molecule has 0 bridgehead atoms. The van der Waals surface area contributed by atoms with Crippen molar-refractivity contribution < 1.29 is 4.79 Å². The third-order valence-electron chi connectivity index (χ3n) is 3.66. The summed E-state index contributed by atoms with van der Waals surface area (Å²) in [6.07, 6.45) is 7.97. The number of rotatable bonds is 5. The normalized spacial score (nSPS) is 10.5. The minimum absolute atomic E-state index is 0.0775. The Morgan fingerprint density at radius 2 is 1.91 bits per heavy atom. The van der Waals surface area contributed by atoms with Gasteiger partial charge in [-0.25, -0.2) is 9.97 Å². The van der Waals surface area contributed by atoms with Crippen LogP contribution in [0.15, 0.2) is 61.3 Å². The van der Waals surface area contributed by atoms with Gasteiger partial charge in [0, 0.05) is 30.7 Å². The molecule has 1 N–H and O–H groups in total. The number of nitrogens with one attached hydrogen (secondary N) is 1. The van der Waals surface area contributed by atoms with E-state index in [0.29, 0.717) is 12.1 Å². The number of benzene rings is 1. The molecule has 0 aliphatic carbocycles. The van der Waals surface area contributed by atoms with E-state index in [-0.39, 0.29) is 5.91 Å². The lowest BCUT2D eigenvalue weighted by Gasteiger charge is -2.07. The molecule has 5 heteroatoms. The summed E-state index contributed by atoms with van der Waals surface area (Å²) in [5.74, 6) is 0.721. The number of imidazole rings is 1. The van der Waals surface area contributed by atoms with E-state index in [1.54, 1.807) is 18.7 Å². The standard InChI is InChI=1S/C18H18N4O/c1-2-14-3-6-16(7-4-14)18(23)21-12-15-5-8-17(20-11-15)22-10-9-19-13-22/h3-11,13H,2,12H2,1H3,(H,21,23). The molecule has 3 aromatic rings. The molecular formula is C18H18N4O.